The molecule has 0 radical (unpaired) electrons. The first-order valence-corrected chi connectivity index (χ1v) is 8.50. The second-order valence-corrected chi connectivity index (χ2v) is 6.76. The van der Waals surface area contributed by atoms with Crippen LogP contribution in [0.5, 0.6) is 0 Å². The molecule has 23 heavy (non-hydrogen) atoms. The lowest BCUT2D eigenvalue weighted by molar-refractivity contribution is -0.121. The minimum absolute atomic E-state index is 0.0106. The third-order valence-corrected chi connectivity index (χ3v) is 4.86. The predicted molar refractivity (Wildman–Crippen MR) is 90.2 cm³/mol. The van der Waals surface area contributed by atoms with Gasteiger partial charge in [0, 0.05) is 37.2 Å². The lowest BCUT2D eigenvalue weighted by Gasteiger charge is -2.31. The van der Waals surface area contributed by atoms with Crippen LogP contribution in [0.15, 0.2) is 29.0 Å². The number of piperidine rings is 1. The van der Waals surface area contributed by atoms with Crippen LogP contribution >= 0.6 is 15.9 Å². The lowest BCUT2D eigenvalue weighted by Crippen LogP contribution is -2.39. The Bertz CT molecular complexity index is 735. The molecule has 1 aliphatic rings. The van der Waals surface area contributed by atoms with Gasteiger partial charge in [0.2, 0.25) is 5.91 Å². The molecule has 122 valence electrons. The van der Waals surface area contributed by atoms with E-state index in [1.165, 1.54) is 0 Å². The topological polar surface area (TPSA) is 66.7 Å². The van der Waals surface area contributed by atoms with Crippen LogP contribution in [0.25, 0.3) is 5.52 Å². The Labute approximate surface area is 143 Å². The molecule has 1 fully saturated rings. The summed E-state index contributed by atoms with van der Waals surface area (Å²) >= 11 is 3.43. The maximum Gasteiger partial charge on any atom is 0.257 e. The summed E-state index contributed by atoms with van der Waals surface area (Å²) in [4.78, 5) is 26.1. The molecule has 1 N–H and O–H groups in total. The third-order valence-electron chi connectivity index (χ3n) is 4.37. The largest absolute Gasteiger partial charge is 0.359 e. The zero-order valence-corrected chi connectivity index (χ0v) is 14.5. The minimum atomic E-state index is 0.0106. The van der Waals surface area contributed by atoms with Gasteiger partial charge in [0.1, 0.15) is 0 Å². The molecule has 7 heteroatoms. The van der Waals surface area contributed by atoms with Crippen LogP contribution in [-0.2, 0) is 4.79 Å². The van der Waals surface area contributed by atoms with E-state index in [-0.39, 0.29) is 11.8 Å². The molecular weight excluding hydrogens is 360 g/mol. The Morgan fingerprint density at radius 3 is 2.83 bits per heavy atom. The molecule has 1 saturated heterocycles. The molecule has 6 nitrogen and oxygen atoms in total. The van der Waals surface area contributed by atoms with E-state index in [9.17, 15) is 9.59 Å². The summed E-state index contributed by atoms with van der Waals surface area (Å²) in [5, 5.41) is 6.90. The summed E-state index contributed by atoms with van der Waals surface area (Å²) in [6.45, 7) is 1.37. The first-order chi connectivity index (χ1) is 11.1. The summed E-state index contributed by atoms with van der Waals surface area (Å²) in [7, 11) is 1.66. The highest BCUT2D eigenvalue weighted by Crippen LogP contribution is 2.24. The molecule has 0 saturated carbocycles. The van der Waals surface area contributed by atoms with Crippen LogP contribution < -0.4 is 5.32 Å². The van der Waals surface area contributed by atoms with Crippen LogP contribution in [-0.4, -0.2) is 46.5 Å². The SMILES string of the molecule is CNC(=O)CC1CCN(C(=O)c2cnn3ccc(Br)cc23)CC1. The lowest BCUT2D eigenvalue weighted by atomic mass is 9.93. The van der Waals surface area contributed by atoms with E-state index in [0.717, 1.165) is 22.8 Å². The molecule has 0 aromatic carbocycles. The fourth-order valence-electron chi connectivity index (χ4n) is 2.99. The van der Waals surface area contributed by atoms with Crippen molar-refractivity contribution < 1.29 is 9.59 Å². The zero-order chi connectivity index (χ0) is 16.4. The Hall–Kier alpha value is -1.89. The number of carbonyl (C=O) groups excluding carboxylic acids is 2. The molecule has 3 rings (SSSR count). The molecular formula is C16H19BrN4O2. The first kappa shape index (κ1) is 16.0. The molecule has 0 atom stereocenters. The fraction of sp³-hybridized carbons (Fsp3) is 0.438. The highest BCUT2D eigenvalue weighted by Gasteiger charge is 2.26. The molecule has 0 unspecified atom stereocenters. The number of fused-ring (bicyclic) bond motifs is 1. The first-order valence-electron chi connectivity index (χ1n) is 7.71. The molecule has 3 heterocycles. The number of likely N-dealkylation sites (tertiary alicyclic amines) is 1. The highest BCUT2D eigenvalue weighted by atomic mass is 79.9. The summed E-state index contributed by atoms with van der Waals surface area (Å²) < 4.78 is 2.62. The van der Waals surface area contributed by atoms with Crippen molar-refractivity contribution >= 4 is 33.3 Å². The van der Waals surface area contributed by atoms with E-state index in [4.69, 9.17) is 0 Å². The van der Waals surface area contributed by atoms with Crippen molar-refractivity contribution in [1.29, 1.82) is 0 Å². The highest BCUT2D eigenvalue weighted by molar-refractivity contribution is 9.10. The number of amides is 2. The summed E-state index contributed by atoms with van der Waals surface area (Å²) in [6, 6.07) is 3.79. The summed E-state index contributed by atoms with van der Waals surface area (Å²) in [5.41, 5.74) is 1.42. The van der Waals surface area contributed by atoms with Gasteiger partial charge in [-0.1, -0.05) is 15.9 Å². The Morgan fingerprint density at radius 1 is 1.39 bits per heavy atom. The van der Waals surface area contributed by atoms with E-state index < -0.39 is 0 Å². The van der Waals surface area contributed by atoms with E-state index in [1.54, 1.807) is 17.8 Å². The molecule has 0 bridgehead atoms. The monoisotopic (exact) mass is 378 g/mol. The van der Waals surface area contributed by atoms with Crippen LogP contribution in [0.1, 0.15) is 29.6 Å². The average molecular weight is 379 g/mol. The van der Waals surface area contributed by atoms with Crippen molar-refractivity contribution in [1.82, 2.24) is 19.8 Å². The van der Waals surface area contributed by atoms with Gasteiger partial charge >= 0.3 is 0 Å². The van der Waals surface area contributed by atoms with Crippen LogP contribution in [0.3, 0.4) is 0 Å². The molecule has 2 amide bonds. The normalized spacial score (nSPS) is 15.8. The van der Waals surface area contributed by atoms with Crippen molar-refractivity contribution in [3.05, 3.63) is 34.6 Å². The van der Waals surface area contributed by atoms with Gasteiger partial charge in [0.15, 0.2) is 0 Å². The van der Waals surface area contributed by atoms with Crippen molar-refractivity contribution in [3.63, 3.8) is 0 Å². The van der Waals surface area contributed by atoms with E-state index in [0.29, 0.717) is 31.0 Å². The van der Waals surface area contributed by atoms with Crippen LogP contribution in [0.2, 0.25) is 0 Å². The molecule has 2 aromatic rings. The standard InChI is InChI=1S/C16H19BrN4O2/c1-18-15(22)8-11-2-5-20(6-3-11)16(23)13-10-19-21-7-4-12(17)9-14(13)21/h4,7,9-11H,2-3,5-6,8H2,1H3,(H,18,22). The van der Waals surface area contributed by atoms with Crippen molar-refractivity contribution in [2.24, 2.45) is 5.92 Å². The maximum absolute atomic E-state index is 12.7. The van der Waals surface area contributed by atoms with Crippen molar-refractivity contribution in [3.8, 4) is 0 Å². The predicted octanol–water partition coefficient (Wildman–Crippen LogP) is 2.09. The minimum Gasteiger partial charge on any atom is -0.359 e. The summed E-state index contributed by atoms with van der Waals surface area (Å²) in [6.07, 6.45) is 5.72. The van der Waals surface area contributed by atoms with Gasteiger partial charge in [-0.2, -0.15) is 5.10 Å². The van der Waals surface area contributed by atoms with Gasteiger partial charge in [-0.05, 0) is 30.9 Å². The number of pyridine rings is 1. The maximum atomic E-state index is 12.7. The Balaban J connectivity index is 1.69. The van der Waals surface area contributed by atoms with Crippen molar-refractivity contribution in [2.75, 3.05) is 20.1 Å². The van der Waals surface area contributed by atoms with E-state index in [1.807, 2.05) is 23.2 Å². The smallest absolute Gasteiger partial charge is 0.257 e. The zero-order valence-electron chi connectivity index (χ0n) is 13.0. The number of carbonyl (C=O) groups is 2. The fourth-order valence-corrected chi connectivity index (χ4v) is 3.33. The van der Waals surface area contributed by atoms with Gasteiger partial charge in [-0.25, -0.2) is 4.52 Å². The Kier molecular flexibility index (Phi) is 4.66. The van der Waals surface area contributed by atoms with Crippen LogP contribution in [0, 0.1) is 5.92 Å². The second-order valence-electron chi connectivity index (χ2n) is 5.85. The van der Waals surface area contributed by atoms with E-state index in [2.05, 4.69) is 26.3 Å². The van der Waals surface area contributed by atoms with Gasteiger partial charge in [0.05, 0.1) is 17.3 Å². The molecule has 0 aliphatic carbocycles. The number of hydrogen-bond donors (Lipinski definition) is 1. The van der Waals surface area contributed by atoms with Gasteiger partial charge in [0.25, 0.3) is 5.91 Å². The third kappa shape index (κ3) is 3.39. The molecule has 0 spiro atoms. The van der Waals surface area contributed by atoms with Gasteiger partial charge in [-0.3, -0.25) is 9.59 Å². The van der Waals surface area contributed by atoms with Gasteiger partial charge in [-0.15, -0.1) is 0 Å². The van der Waals surface area contributed by atoms with Crippen LogP contribution in [0.4, 0.5) is 0 Å². The summed E-state index contributed by atoms with van der Waals surface area (Å²) in [5.74, 6) is 0.441. The number of halogens is 1. The number of nitrogens with zero attached hydrogens (tertiary/aromatic N) is 3. The quantitative estimate of drug-likeness (QED) is 0.888. The molecule has 1 aliphatic heterocycles. The number of nitrogens with one attached hydrogen (secondary N) is 1. The van der Waals surface area contributed by atoms with Gasteiger partial charge < -0.3 is 10.2 Å². The number of hydrogen-bond acceptors (Lipinski definition) is 3. The number of rotatable bonds is 3. The molecule has 2 aromatic heterocycles. The number of aromatic nitrogens is 2. The van der Waals surface area contributed by atoms with Crippen molar-refractivity contribution in [2.45, 2.75) is 19.3 Å². The second kappa shape index (κ2) is 6.70. The average Bonchev–Trinajstić information content (AvgIpc) is 2.97. The van der Waals surface area contributed by atoms with E-state index >= 15 is 0 Å². The Morgan fingerprint density at radius 2 is 2.13 bits per heavy atom.